The van der Waals surface area contributed by atoms with Crippen LogP contribution in [0.1, 0.15) is 12.0 Å². The van der Waals surface area contributed by atoms with Gasteiger partial charge in [-0.25, -0.2) is 17.8 Å². The van der Waals surface area contributed by atoms with E-state index in [0.717, 1.165) is 36.1 Å². The predicted molar refractivity (Wildman–Crippen MR) is 136 cm³/mol. The number of halogens is 1. The van der Waals surface area contributed by atoms with Crippen molar-refractivity contribution >= 4 is 20.9 Å². The van der Waals surface area contributed by atoms with Gasteiger partial charge in [-0.1, -0.05) is 18.2 Å². The summed E-state index contributed by atoms with van der Waals surface area (Å²) in [6, 6.07) is 18.9. The maximum atomic E-state index is 14.3. The number of sulfone groups is 1. The zero-order valence-electron chi connectivity index (χ0n) is 19.7. The molecule has 0 amide bonds. The predicted octanol–water partition coefficient (Wildman–Crippen LogP) is 4.50. The maximum absolute atomic E-state index is 14.3. The third-order valence-corrected chi connectivity index (χ3v) is 8.18. The minimum absolute atomic E-state index is 0.205. The molecule has 8 heteroatoms. The number of aromatic nitrogens is 2. The van der Waals surface area contributed by atoms with E-state index in [1.54, 1.807) is 6.07 Å². The Morgan fingerprint density at radius 3 is 2.51 bits per heavy atom. The zero-order chi connectivity index (χ0) is 24.4. The van der Waals surface area contributed by atoms with Gasteiger partial charge < -0.3 is 14.2 Å². The first-order chi connectivity index (χ1) is 16.9. The number of pyridine rings is 1. The first-order valence-electron chi connectivity index (χ1n) is 11.8. The van der Waals surface area contributed by atoms with Crippen molar-refractivity contribution in [2.75, 3.05) is 38.2 Å². The molecular weight excluding hydrogens is 465 g/mol. The molecule has 2 aromatic heterocycles. The van der Waals surface area contributed by atoms with Crippen LogP contribution < -0.4 is 4.74 Å². The molecule has 0 saturated carbocycles. The molecule has 0 radical (unpaired) electrons. The molecule has 0 aliphatic carbocycles. The molecule has 0 spiro atoms. The summed E-state index contributed by atoms with van der Waals surface area (Å²) in [5.74, 6) is 0.283. The number of nitrogens with zero attached hydrogens (tertiary/aromatic N) is 3. The van der Waals surface area contributed by atoms with Gasteiger partial charge in [0.05, 0.1) is 24.3 Å². The Hall–Kier alpha value is -3.23. The fraction of sp³-hybridized carbons (Fsp3) is 0.296. The first-order valence-corrected chi connectivity index (χ1v) is 13.6. The van der Waals surface area contributed by atoms with E-state index >= 15 is 0 Å². The second kappa shape index (κ2) is 9.79. The Morgan fingerprint density at radius 1 is 1.03 bits per heavy atom. The average Bonchev–Trinajstić information content (AvgIpc) is 3.23. The van der Waals surface area contributed by atoms with Crippen molar-refractivity contribution in [3.05, 3.63) is 78.2 Å². The number of hydrogen-bond acceptors (Lipinski definition) is 5. The zero-order valence-corrected chi connectivity index (χ0v) is 20.5. The van der Waals surface area contributed by atoms with Crippen molar-refractivity contribution < 1.29 is 17.5 Å². The van der Waals surface area contributed by atoms with Crippen LogP contribution in [-0.2, 0) is 16.3 Å². The van der Waals surface area contributed by atoms with Crippen molar-refractivity contribution in [3.8, 4) is 22.7 Å². The summed E-state index contributed by atoms with van der Waals surface area (Å²) in [5.41, 5.74) is 4.40. The van der Waals surface area contributed by atoms with Gasteiger partial charge in [0.1, 0.15) is 5.65 Å². The number of ether oxygens (including phenoxy) is 1. The molecule has 1 aliphatic rings. The van der Waals surface area contributed by atoms with Gasteiger partial charge >= 0.3 is 0 Å². The largest absolute Gasteiger partial charge is 0.494 e. The number of rotatable bonds is 7. The molecule has 0 atom stereocenters. The van der Waals surface area contributed by atoms with Crippen LogP contribution in [-0.4, -0.2) is 61.1 Å². The number of fused-ring (bicyclic) bond motifs is 1. The Morgan fingerprint density at radius 2 is 1.80 bits per heavy atom. The first kappa shape index (κ1) is 23.5. The molecule has 2 aromatic carbocycles. The van der Waals surface area contributed by atoms with Gasteiger partial charge in [-0.2, -0.15) is 0 Å². The summed E-state index contributed by atoms with van der Waals surface area (Å²) in [6.07, 6.45) is 3.92. The van der Waals surface area contributed by atoms with Gasteiger partial charge in [0, 0.05) is 35.9 Å². The lowest BCUT2D eigenvalue weighted by Crippen LogP contribution is -2.40. The van der Waals surface area contributed by atoms with Gasteiger partial charge in [0.25, 0.3) is 0 Å². The smallest absolute Gasteiger partial charge is 0.165 e. The highest BCUT2D eigenvalue weighted by atomic mass is 32.2. The van der Waals surface area contributed by atoms with E-state index < -0.39 is 15.7 Å². The van der Waals surface area contributed by atoms with Gasteiger partial charge in [-0.3, -0.25) is 0 Å². The molecule has 1 fully saturated rings. The number of aryl methyl sites for hydroxylation is 1. The van der Waals surface area contributed by atoms with E-state index in [4.69, 9.17) is 9.72 Å². The van der Waals surface area contributed by atoms with Crippen molar-refractivity contribution in [2.24, 2.45) is 0 Å². The molecule has 1 saturated heterocycles. The molecule has 1 aliphatic heterocycles. The molecule has 0 bridgehead atoms. The van der Waals surface area contributed by atoms with E-state index in [2.05, 4.69) is 21.7 Å². The summed E-state index contributed by atoms with van der Waals surface area (Å²) in [4.78, 5) is 7.16. The lowest BCUT2D eigenvalue weighted by atomic mass is 10.1. The number of methoxy groups -OCH3 is 1. The molecule has 6 nitrogen and oxygen atoms in total. The lowest BCUT2D eigenvalue weighted by molar-refractivity contribution is 0.292. The molecule has 4 aromatic rings. The van der Waals surface area contributed by atoms with Gasteiger partial charge in [0.15, 0.2) is 21.4 Å². The van der Waals surface area contributed by atoms with Crippen LogP contribution >= 0.6 is 0 Å². The third-order valence-electron chi connectivity index (χ3n) is 6.57. The molecule has 0 unspecified atom stereocenters. The summed E-state index contributed by atoms with van der Waals surface area (Å²) < 4.78 is 44.9. The molecule has 0 N–H and O–H groups in total. The van der Waals surface area contributed by atoms with Crippen molar-refractivity contribution in [1.29, 1.82) is 0 Å². The van der Waals surface area contributed by atoms with Crippen LogP contribution in [0.4, 0.5) is 4.39 Å². The average molecular weight is 494 g/mol. The Bertz CT molecular complexity index is 1440. The number of para-hydroxylation sites is 1. The van der Waals surface area contributed by atoms with Crippen LogP contribution in [0.25, 0.3) is 28.0 Å². The molecule has 35 heavy (non-hydrogen) atoms. The summed E-state index contributed by atoms with van der Waals surface area (Å²) in [7, 11) is -1.42. The van der Waals surface area contributed by atoms with Crippen LogP contribution in [0.15, 0.2) is 66.9 Å². The van der Waals surface area contributed by atoms with Crippen LogP contribution in [0, 0.1) is 5.82 Å². The van der Waals surface area contributed by atoms with E-state index in [1.165, 1.54) is 18.7 Å². The molecule has 5 rings (SSSR count). The number of hydrogen-bond donors (Lipinski definition) is 0. The van der Waals surface area contributed by atoms with Crippen molar-refractivity contribution in [3.63, 3.8) is 0 Å². The van der Waals surface area contributed by atoms with E-state index in [1.807, 2.05) is 42.5 Å². The lowest BCUT2D eigenvalue weighted by Gasteiger charge is -2.26. The normalized spacial score (nSPS) is 15.9. The molecule has 182 valence electrons. The molecular formula is C27H28FN3O3S. The standard InChI is InChI=1S/C27H28FN3O3S/c1-34-26-12-9-20(18-24(26)28)25-11-10-23-21(6-5-13-30-14-16-35(32,33)17-15-30)19-31(27(23)29-25)22-7-3-2-4-8-22/h2-4,7-12,18-19H,5-6,13-17H2,1H3. The van der Waals surface area contributed by atoms with E-state index in [9.17, 15) is 12.8 Å². The molecule has 3 heterocycles. The highest BCUT2D eigenvalue weighted by Crippen LogP contribution is 2.30. The SMILES string of the molecule is COc1ccc(-c2ccc3c(CCCN4CCS(=O)(=O)CC4)cn(-c4ccccc4)c3n2)cc1F. The fourth-order valence-corrected chi connectivity index (χ4v) is 5.88. The Balaban J connectivity index is 1.44. The van der Waals surface area contributed by atoms with Gasteiger partial charge in [-0.15, -0.1) is 0 Å². The second-order valence-corrected chi connectivity index (χ2v) is 11.2. The number of benzene rings is 2. The second-order valence-electron chi connectivity index (χ2n) is 8.87. The van der Waals surface area contributed by atoms with Crippen molar-refractivity contribution in [2.45, 2.75) is 12.8 Å². The minimum Gasteiger partial charge on any atom is -0.494 e. The summed E-state index contributed by atoms with van der Waals surface area (Å²) in [6.45, 7) is 2.08. The summed E-state index contributed by atoms with van der Waals surface area (Å²) >= 11 is 0. The van der Waals surface area contributed by atoms with Crippen LogP contribution in [0.5, 0.6) is 5.75 Å². The van der Waals surface area contributed by atoms with Crippen LogP contribution in [0.3, 0.4) is 0 Å². The topological polar surface area (TPSA) is 64.4 Å². The highest BCUT2D eigenvalue weighted by Gasteiger charge is 2.21. The van der Waals surface area contributed by atoms with Gasteiger partial charge in [0.2, 0.25) is 0 Å². The van der Waals surface area contributed by atoms with Gasteiger partial charge in [-0.05, 0) is 67.4 Å². The Kier molecular flexibility index (Phi) is 6.58. The minimum atomic E-state index is -2.87. The monoisotopic (exact) mass is 493 g/mol. The quantitative estimate of drug-likeness (QED) is 0.379. The fourth-order valence-electron chi connectivity index (χ4n) is 4.61. The Labute approximate surface area is 204 Å². The van der Waals surface area contributed by atoms with E-state index in [-0.39, 0.29) is 17.3 Å². The highest BCUT2D eigenvalue weighted by molar-refractivity contribution is 7.91. The third kappa shape index (κ3) is 5.09. The summed E-state index contributed by atoms with van der Waals surface area (Å²) in [5, 5.41) is 1.06. The van der Waals surface area contributed by atoms with E-state index in [0.29, 0.717) is 24.3 Å². The maximum Gasteiger partial charge on any atom is 0.165 e. The van der Waals surface area contributed by atoms with Crippen LogP contribution in [0.2, 0.25) is 0 Å². The van der Waals surface area contributed by atoms with Crippen molar-refractivity contribution in [1.82, 2.24) is 14.5 Å².